The van der Waals surface area contributed by atoms with Crippen LogP contribution in [0.1, 0.15) is 58.2 Å². The summed E-state index contributed by atoms with van der Waals surface area (Å²) < 4.78 is 0. The van der Waals surface area contributed by atoms with E-state index in [1.54, 1.807) is 0 Å². The van der Waals surface area contributed by atoms with Crippen molar-refractivity contribution in [2.24, 2.45) is 0 Å². The van der Waals surface area contributed by atoms with E-state index in [0.717, 1.165) is 13.0 Å². The SMILES string of the molecule is C=Cc1cccc(CCN(C(C)C)C(C)C)c1/C(C)=C\C. The second kappa shape index (κ2) is 8.19. The molecule has 0 amide bonds. The monoisotopic (exact) mass is 285 g/mol. The molecule has 0 saturated carbocycles. The fourth-order valence-corrected chi connectivity index (χ4v) is 2.99. The van der Waals surface area contributed by atoms with Gasteiger partial charge in [0.1, 0.15) is 0 Å². The maximum atomic E-state index is 3.96. The molecule has 0 fully saturated rings. The normalized spacial score (nSPS) is 12.5. The van der Waals surface area contributed by atoms with Gasteiger partial charge in [0.05, 0.1) is 0 Å². The summed E-state index contributed by atoms with van der Waals surface area (Å²) in [5, 5.41) is 0. The van der Waals surface area contributed by atoms with Crippen LogP contribution in [0.5, 0.6) is 0 Å². The highest BCUT2D eigenvalue weighted by atomic mass is 15.2. The van der Waals surface area contributed by atoms with E-state index in [0.29, 0.717) is 12.1 Å². The van der Waals surface area contributed by atoms with Gasteiger partial charge in [-0.3, -0.25) is 4.90 Å². The van der Waals surface area contributed by atoms with Gasteiger partial charge in [0, 0.05) is 18.6 Å². The first-order valence-corrected chi connectivity index (χ1v) is 8.05. The molecule has 0 N–H and O–H groups in total. The molecule has 1 nitrogen and oxygen atoms in total. The Labute approximate surface area is 131 Å². The van der Waals surface area contributed by atoms with Gasteiger partial charge in [-0.2, -0.15) is 0 Å². The lowest BCUT2D eigenvalue weighted by atomic mass is 9.93. The largest absolute Gasteiger partial charge is 0.298 e. The maximum absolute atomic E-state index is 3.96. The van der Waals surface area contributed by atoms with Crippen molar-refractivity contribution in [2.45, 2.75) is 60.0 Å². The summed E-state index contributed by atoms with van der Waals surface area (Å²) in [5.41, 5.74) is 5.36. The van der Waals surface area contributed by atoms with Crippen LogP contribution >= 0.6 is 0 Å². The Balaban J connectivity index is 3.06. The Hall–Kier alpha value is -1.34. The Kier molecular flexibility index (Phi) is 6.91. The van der Waals surface area contributed by atoms with Gasteiger partial charge in [-0.25, -0.2) is 0 Å². The van der Waals surface area contributed by atoms with Crippen molar-refractivity contribution in [1.29, 1.82) is 0 Å². The van der Waals surface area contributed by atoms with Crippen molar-refractivity contribution in [3.63, 3.8) is 0 Å². The summed E-state index contributed by atoms with van der Waals surface area (Å²) in [7, 11) is 0. The summed E-state index contributed by atoms with van der Waals surface area (Å²) in [6.45, 7) is 18.5. The van der Waals surface area contributed by atoms with E-state index in [-0.39, 0.29) is 0 Å². The van der Waals surface area contributed by atoms with Crippen LogP contribution in [0.2, 0.25) is 0 Å². The van der Waals surface area contributed by atoms with Crippen molar-refractivity contribution >= 4 is 11.6 Å². The molecule has 116 valence electrons. The standard InChI is InChI=1S/C20H31N/c1-8-17(7)20-18(9-2)11-10-12-19(20)13-14-21(15(3)4)16(5)6/h8-12,15-16H,2,13-14H2,1,3-7H3/b17-8-. The minimum atomic E-state index is 0.582. The topological polar surface area (TPSA) is 3.24 Å². The molecule has 1 heteroatoms. The van der Waals surface area contributed by atoms with Crippen LogP contribution in [0.25, 0.3) is 11.6 Å². The zero-order valence-electron chi connectivity index (χ0n) is 14.6. The number of nitrogens with zero attached hydrogens (tertiary/aromatic N) is 1. The van der Waals surface area contributed by atoms with Gasteiger partial charge in [-0.1, -0.05) is 36.9 Å². The second-order valence-electron chi connectivity index (χ2n) is 6.23. The van der Waals surface area contributed by atoms with Crippen LogP contribution < -0.4 is 0 Å². The summed E-state index contributed by atoms with van der Waals surface area (Å²) in [6, 6.07) is 7.72. The molecule has 0 heterocycles. The third kappa shape index (κ3) is 4.57. The van der Waals surface area contributed by atoms with E-state index in [1.165, 1.54) is 22.3 Å². The first-order chi connectivity index (χ1) is 9.92. The molecule has 0 aromatic heterocycles. The van der Waals surface area contributed by atoms with Gasteiger partial charge < -0.3 is 0 Å². The number of rotatable bonds is 7. The molecule has 1 aromatic rings. The Morgan fingerprint density at radius 3 is 2.29 bits per heavy atom. The molecule has 0 atom stereocenters. The lowest BCUT2D eigenvalue weighted by Gasteiger charge is -2.31. The molecule has 1 rings (SSSR count). The molecule has 0 aliphatic heterocycles. The molecule has 0 spiro atoms. The van der Waals surface area contributed by atoms with Gasteiger partial charge in [0.15, 0.2) is 0 Å². The number of hydrogen-bond donors (Lipinski definition) is 0. The molecule has 0 unspecified atom stereocenters. The minimum Gasteiger partial charge on any atom is -0.298 e. The van der Waals surface area contributed by atoms with Crippen LogP contribution in [0.4, 0.5) is 0 Å². The molecule has 0 aliphatic rings. The fourth-order valence-electron chi connectivity index (χ4n) is 2.99. The van der Waals surface area contributed by atoms with Crippen LogP contribution in [-0.2, 0) is 6.42 Å². The average molecular weight is 285 g/mol. The zero-order valence-corrected chi connectivity index (χ0v) is 14.6. The van der Waals surface area contributed by atoms with Crippen LogP contribution in [0, 0.1) is 0 Å². The number of allylic oxidation sites excluding steroid dienone is 2. The maximum Gasteiger partial charge on any atom is 0.00414 e. The van der Waals surface area contributed by atoms with E-state index in [2.05, 4.69) is 77.3 Å². The van der Waals surface area contributed by atoms with Gasteiger partial charge in [-0.05, 0) is 70.2 Å². The Bertz CT molecular complexity index is 487. The molecule has 0 aliphatic carbocycles. The van der Waals surface area contributed by atoms with E-state index >= 15 is 0 Å². The highest BCUT2D eigenvalue weighted by molar-refractivity contribution is 5.75. The lowest BCUT2D eigenvalue weighted by Crippen LogP contribution is -2.38. The second-order valence-corrected chi connectivity index (χ2v) is 6.23. The number of hydrogen-bond acceptors (Lipinski definition) is 1. The molecule has 0 bridgehead atoms. The summed E-state index contributed by atoms with van der Waals surface area (Å²) in [5.74, 6) is 0. The zero-order chi connectivity index (χ0) is 16.0. The smallest absolute Gasteiger partial charge is 0.00414 e. The predicted molar refractivity (Wildman–Crippen MR) is 96.5 cm³/mol. The van der Waals surface area contributed by atoms with Gasteiger partial charge >= 0.3 is 0 Å². The third-order valence-electron chi connectivity index (χ3n) is 4.20. The Morgan fingerprint density at radius 2 is 1.81 bits per heavy atom. The van der Waals surface area contributed by atoms with Gasteiger partial charge in [0.2, 0.25) is 0 Å². The molecular weight excluding hydrogens is 254 g/mol. The summed E-state index contributed by atoms with van der Waals surface area (Å²) in [6.07, 6.45) is 5.24. The minimum absolute atomic E-state index is 0.582. The number of benzene rings is 1. The molecule has 1 aromatic carbocycles. The molecule has 0 radical (unpaired) electrons. The van der Waals surface area contributed by atoms with Crippen molar-refractivity contribution < 1.29 is 0 Å². The van der Waals surface area contributed by atoms with Crippen molar-refractivity contribution in [2.75, 3.05) is 6.54 Å². The predicted octanol–water partition coefficient (Wildman–Crippen LogP) is 5.41. The lowest BCUT2D eigenvalue weighted by molar-refractivity contribution is 0.177. The van der Waals surface area contributed by atoms with E-state index in [9.17, 15) is 0 Å². The fraction of sp³-hybridized carbons (Fsp3) is 0.500. The first kappa shape index (κ1) is 17.7. The quantitative estimate of drug-likeness (QED) is 0.647. The average Bonchev–Trinajstić information content (AvgIpc) is 2.45. The third-order valence-corrected chi connectivity index (χ3v) is 4.20. The van der Waals surface area contributed by atoms with Crippen LogP contribution in [-0.4, -0.2) is 23.5 Å². The molecule has 21 heavy (non-hydrogen) atoms. The first-order valence-electron chi connectivity index (χ1n) is 8.05. The summed E-state index contributed by atoms with van der Waals surface area (Å²) in [4.78, 5) is 2.55. The van der Waals surface area contributed by atoms with Crippen molar-refractivity contribution in [3.05, 3.63) is 47.5 Å². The highest BCUT2D eigenvalue weighted by Crippen LogP contribution is 2.25. The molecule has 0 saturated heterocycles. The van der Waals surface area contributed by atoms with Crippen LogP contribution in [0.15, 0.2) is 30.9 Å². The van der Waals surface area contributed by atoms with E-state index in [4.69, 9.17) is 0 Å². The van der Waals surface area contributed by atoms with E-state index < -0.39 is 0 Å². The van der Waals surface area contributed by atoms with Gasteiger partial charge in [0.25, 0.3) is 0 Å². The highest BCUT2D eigenvalue weighted by Gasteiger charge is 2.15. The van der Waals surface area contributed by atoms with Gasteiger partial charge in [-0.15, -0.1) is 0 Å². The van der Waals surface area contributed by atoms with Crippen molar-refractivity contribution in [1.82, 2.24) is 4.90 Å². The van der Waals surface area contributed by atoms with Crippen LogP contribution in [0.3, 0.4) is 0 Å². The summed E-state index contributed by atoms with van der Waals surface area (Å²) >= 11 is 0. The van der Waals surface area contributed by atoms with Crippen molar-refractivity contribution in [3.8, 4) is 0 Å². The Morgan fingerprint density at radius 1 is 1.19 bits per heavy atom. The molecular formula is C20H31N. The van der Waals surface area contributed by atoms with E-state index in [1.807, 2.05) is 6.08 Å².